The highest BCUT2D eigenvalue weighted by molar-refractivity contribution is 7.88. The van der Waals surface area contributed by atoms with E-state index in [1.54, 1.807) is 18.2 Å². The molecular weight excluding hydrogens is 502 g/mol. The molecule has 0 bridgehead atoms. The topological polar surface area (TPSA) is 109 Å². The number of fused-ring (bicyclic) bond motifs is 1. The third kappa shape index (κ3) is 6.31. The predicted molar refractivity (Wildman–Crippen MR) is 138 cm³/mol. The fourth-order valence-electron chi connectivity index (χ4n) is 4.01. The standard InChI is InChI=1S/C25H30F2N6O3S/c1-6-15(2)33-14-25(3,4)36-23-18(26)9-17(10-20(23)33)22-19(27)13-29-24(32-22)31-21-8-7-16(11-28-21)12-30-37(5,34)35/h7-11,13,15,30H,6,12,14H2,1-5H3,(H,28,29,31,32). The van der Waals surface area contributed by atoms with Gasteiger partial charge >= 0.3 is 0 Å². The average molecular weight is 533 g/mol. The molecule has 12 heteroatoms. The van der Waals surface area contributed by atoms with Crippen molar-refractivity contribution >= 4 is 27.5 Å². The van der Waals surface area contributed by atoms with E-state index in [1.807, 2.05) is 13.8 Å². The molecule has 9 nitrogen and oxygen atoms in total. The number of halogens is 2. The summed E-state index contributed by atoms with van der Waals surface area (Å²) in [5.74, 6) is -0.716. The molecule has 1 unspecified atom stereocenters. The van der Waals surface area contributed by atoms with Crippen molar-refractivity contribution in [2.45, 2.75) is 52.3 Å². The summed E-state index contributed by atoms with van der Waals surface area (Å²) >= 11 is 0. The zero-order valence-electron chi connectivity index (χ0n) is 21.3. The molecule has 0 spiro atoms. The van der Waals surface area contributed by atoms with E-state index in [9.17, 15) is 12.8 Å². The smallest absolute Gasteiger partial charge is 0.229 e. The predicted octanol–water partition coefficient (Wildman–Crippen LogP) is 4.39. The molecule has 0 amide bonds. The summed E-state index contributed by atoms with van der Waals surface area (Å²) in [4.78, 5) is 14.6. The lowest BCUT2D eigenvalue weighted by Crippen LogP contribution is -2.50. The monoisotopic (exact) mass is 532 g/mol. The number of pyridine rings is 1. The van der Waals surface area contributed by atoms with Gasteiger partial charge in [-0.2, -0.15) is 0 Å². The van der Waals surface area contributed by atoms with Crippen molar-refractivity contribution in [1.82, 2.24) is 19.7 Å². The maximum atomic E-state index is 15.3. The number of hydrogen-bond acceptors (Lipinski definition) is 8. The second-order valence-corrected chi connectivity index (χ2v) is 11.5. The maximum Gasteiger partial charge on any atom is 0.229 e. The first kappa shape index (κ1) is 26.7. The van der Waals surface area contributed by atoms with Crippen LogP contribution in [-0.2, 0) is 16.6 Å². The van der Waals surface area contributed by atoms with Crippen LogP contribution >= 0.6 is 0 Å². The molecule has 0 aliphatic carbocycles. The number of hydrogen-bond donors (Lipinski definition) is 2. The summed E-state index contributed by atoms with van der Waals surface area (Å²) in [6, 6.07) is 6.32. The Morgan fingerprint density at radius 3 is 2.57 bits per heavy atom. The van der Waals surface area contributed by atoms with Crippen LogP contribution in [0.1, 0.15) is 39.7 Å². The molecule has 0 saturated heterocycles. The Kier molecular flexibility index (Phi) is 7.33. The van der Waals surface area contributed by atoms with Gasteiger partial charge in [0.15, 0.2) is 17.4 Å². The minimum absolute atomic E-state index is 0.0675. The largest absolute Gasteiger partial charge is 0.481 e. The molecule has 3 aromatic rings. The lowest BCUT2D eigenvalue weighted by atomic mass is 10.00. The number of ether oxygens (including phenoxy) is 1. The van der Waals surface area contributed by atoms with Gasteiger partial charge in [-0.1, -0.05) is 13.0 Å². The van der Waals surface area contributed by atoms with Crippen LogP contribution < -0.4 is 19.7 Å². The van der Waals surface area contributed by atoms with Gasteiger partial charge in [0.1, 0.15) is 17.1 Å². The summed E-state index contributed by atoms with van der Waals surface area (Å²) in [7, 11) is -3.33. The Morgan fingerprint density at radius 2 is 1.92 bits per heavy atom. The molecule has 2 N–H and O–H groups in total. The molecular formula is C25H30F2N6O3S. The number of benzene rings is 1. The molecule has 3 heterocycles. The molecule has 1 aliphatic rings. The van der Waals surface area contributed by atoms with E-state index in [2.05, 4.69) is 43.7 Å². The molecule has 4 rings (SSSR count). The summed E-state index contributed by atoms with van der Waals surface area (Å²) in [6.07, 6.45) is 4.42. The Hall–Kier alpha value is -3.38. The Bertz CT molecular complexity index is 1400. The van der Waals surface area contributed by atoms with Gasteiger partial charge in [0.25, 0.3) is 0 Å². The number of rotatable bonds is 8. The zero-order chi connectivity index (χ0) is 27.0. The van der Waals surface area contributed by atoms with Crippen molar-refractivity contribution in [1.29, 1.82) is 0 Å². The van der Waals surface area contributed by atoms with E-state index in [0.717, 1.165) is 18.9 Å². The minimum Gasteiger partial charge on any atom is -0.481 e. The van der Waals surface area contributed by atoms with Crippen LogP contribution in [0.3, 0.4) is 0 Å². The Balaban J connectivity index is 1.63. The highest BCUT2D eigenvalue weighted by atomic mass is 32.2. The van der Waals surface area contributed by atoms with Gasteiger partial charge in [0.2, 0.25) is 16.0 Å². The van der Waals surface area contributed by atoms with E-state index < -0.39 is 27.3 Å². The van der Waals surface area contributed by atoms with Gasteiger partial charge in [-0.25, -0.2) is 36.9 Å². The van der Waals surface area contributed by atoms with Crippen molar-refractivity contribution in [2.24, 2.45) is 0 Å². The van der Waals surface area contributed by atoms with Crippen molar-refractivity contribution in [2.75, 3.05) is 23.0 Å². The van der Waals surface area contributed by atoms with Gasteiger partial charge in [-0.15, -0.1) is 0 Å². The van der Waals surface area contributed by atoms with Gasteiger partial charge in [0, 0.05) is 24.3 Å². The molecule has 198 valence electrons. The van der Waals surface area contributed by atoms with Gasteiger partial charge in [0.05, 0.1) is 24.7 Å². The molecule has 0 saturated carbocycles. The van der Waals surface area contributed by atoms with Gasteiger partial charge in [-0.05, 0) is 51.0 Å². The van der Waals surface area contributed by atoms with Crippen LogP contribution in [0.15, 0.2) is 36.7 Å². The Morgan fingerprint density at radius 1 is 1.16 bits per heavy atom. The molecule has 1 aliphatic heterocycles. The van der Waals surface area contributed by atoms with Crippen LogP contribution in [0, 0.1) is 11.6 Å². The number of sulfonamides is 1. The quantitative estimate of drug-likeness (QED) is 0.440. The fraction of sp³-hybridized carbons (Fsp3) is 0.400. The lowest BCUT2D eigenvalue weighted by molar-refractivity contribution is 0.0960. The number of nitrogens with one attached hydrogen (secondary N) is 2. The highest BCUT2D eigenvalue weighted by Gasteiger charge is 2.36. The van der Waals surface area contributed by atoms with E-state index in [0.29, 0.717) is 23.6 Å². The zero-order valence-corrected chi connectivity index (χ0v) is 22.2. The summed E-state index contributed by atoms with van der Waals surface area (Å²) in [6.45, 7) is 8.57. The van der Waals surface area contributed by atoms with Crippen LogP contribution in [0.4, 0.5) is 26.2 Å². The molecule has 1 atom stereocenters. The first-order valence-electron chi connectivity index (χ1n) is 11.8. The normalized spacial score (nSPS) is 15.6. The summed E-state index contributed by atoms with van der Waals surface area (Å²) in [5.41, 5.74) is 0.807. The van der Waals surface area contributed by atoms with Crippen LogP contribution in [0.5, 0.6) is 5.75 Å². The SMILES string of the molecule is CCC(C)N1CC(C)(C)Oc2c(F)cc(-c3nc(Nc4ccc(CNS(C)(=O)=O)cn4)ncc3F)cc21. The fourth-order valence-corrected chi connectivity index (χ4v) is 4.44. The van der Waals surface area contributed by atoms with E-state index >= 15 is 4.39 Å². The molecule has 37 heavy (non-hydrogen) atoms. The average Bonchev–Trinajstić information content (AvgIpc) is 2.83. The molecule has 2 aromatic heterocycles. The third-order valence-electron chi connectivity index (χ3n) is 6.01. The molecule has 1 aromatic carbocycles. The van der Waals surface area contributed by atoms with Gasteiger partial charge in [-0.3, -0.25) is 0 Å². The number of anilines is 3. The second-order valence-electron chi connectivity index (χ2n) is 9.71. The van der Waals surface area contributed by atoms with Gasteiger partial charge < -0.3 is 15.0 Å². The maximum absolute atomic E-state index is 15.3. The van der Waals surface area contributed by atoms with Crippen LogP contribution in [0.25, 0.3) is 11.3 Å². The first-order chi connectivity index (χ1) is 17.3. The van der Waals surface area contributed by atoms with Crippen molar-refractivity contribution in [3.05, 3.63) is 53.9 Å². The summed E-state index contributed by atoms with van der Waals surface area (Å²) < 4.78 is 61.0. The second kappa shape index (κ2) is 10.2. The van der Waals surface area contributed by atoms with E-state index in [4.69, 9.17) is 4.74 Å². The van der Waals surface area contributed by atoms with Crippen molar-refractivity contribution in [3.8, 4) is 17.0 Å². The highest BCUT2D eigenvalue weighted by Crippen LogP contribution is 2.43. The number of aromatic nitrogens is 3. The first-order valence-corrected chi connectivity index (χ1v) is 13.7. The third-order valence-corrected chi connectivity index (χ3v) is 6.68. The van der Waals surface area contributed by atoms with Crippen LogP contribution in [0.2, 0.25) is 0 Å². The summed E-state index contributed by atoms with van der Waals surface area (Å²) in [5, 5.41) is 2.90. The Labute approximate surface area is 215 Å². The number of nitrogens with zero attached hydrogens (tertiary/aromatic N) is 4. The molecule has 0 radical (unpaired) electrons. The van der Waals surface area contributed by atoms with E-state index in [1.165, 1.54) is 12.3 Å². The lowest BCUT2D eigenvalue weighted by Gasteiger charge is -2.44. The van der Waals surface area contributed by atoms with Crippen molar-refractivity contribution in [3.63, 3.8) is 0 Å². The van der Waals surface area contributed by atoms with E-state index in [-0.39, 0.29) is 35.5 Å². The molecule has 0 fully saturated rings. The van der Waals surface area contributed by atoms with Crippen molar-refractivity contribution < 1.29 is 21.9 Å². The minimum atomic E-state index is -3.33. The van der Waals surface area contributed by atoms with Crippen LogP contribution in [-0.4, -0.2) is 47.8 Å².